The Balaban J connectivity index is 2.03. The molecule has 2 N–H and O–H groups in total. The van der Waals surface area contributed by atoms with Crippen molar-refractivity contribution in [3.05, 3.63) is 29.6 Å². The summed E-state index contributed by atoms with van der Waals surface area (Å²) in [7, 11) is 0. The zero-order chi connectivity index (χ0) is 14.0. The van der Waals surface area contributed by atoms with E-state index in [-0.39, 0.29) is 35.7 Å². The number of benzene rings is 1. The highest BCUT2D eigenvalue weighted by molar-refractivity contribution is 6.00. The van der Waals surface area contributed by atoms with Crippen molar-refractivity contribution < 1.29 is 19.4 Å². The van der Waals surface area contributed by atoms with Crippen molar-refractivity contribution in [1.29, 1.82) is 0 Å². The Bertz CT molecular complexity index is 478. The van der Waals surface area contributed by atoms with Gasteiger partial charge in [0.2, 0.25) is 0 Å². The van der Waals surface area contributed by atoms with Crippen LogP contribution in [0.1, 0.15) is 23.7 Å². The lowest BCUT2D eigenvalue weighted by molar-refractivity contribution is 0.0344. The Hall–Kier alpha value is -1.46. The Labute approximate surface area is 111 Å². The number of hydrogen-bond donors (Lipinski definition) is 2. The highest BCUT2D eigenvalue weighted by atomic mass is 19.1. The summed E-state index contributed by atoms with van der Waals surface area (Å²) in [5.41, 5.74) is 0.0128. The van der Waals surface area contributed by atoms with Crippen molar-refractivity contribution in [3.63, 3.8) is 0 Å². The summed E-state index contributed by atoms with van der Waals surface area (Å²) in [6.45, 7) is 3.32. The number of phenolic OH excluding ortho intramolecular Hbond substituents is 1. The van der Waals surface area contributed by atoms with Crippen LogP contribution in [0.15, 0.2) is 18.2 Å². The molecule has 1 saturated heterocycles. The van der Waals surface area contributed by atoms with E-state index < -0.39 is 5.82 Å². The third-order valence-electron chi connectivity index (χ3n) is 3.57. The summed E-state index contributed by atoms with van der Waals surface area (Å²) in [6.07, 6.45) is 0.303. The number of halogens is 1. The van der Waals surface area contributed by atoms with Gasteiger partial charge in [-0.1, -0.05) is 6.92 Å². The fourth-order valence-corrected chi connectivity index (χ4v) is 2.38. The monoisotopic (exact) mass is 267 g/mol. The maximum atomic E-state index is 13.1. The summed E-state index contributed by atoms with van der Waals surface area (Å²) in [6, 6.07) is 3.36. The Morgan fingerprint density at radius 1 is 1.53 bits per heavy atom. The molecule has 1 aromatic rings. The number of phenols is 1. The van der Waals surface area contributed by atoms with Crippen LogP contribution in [-0.2, 0) is 0 Å². The third kappa shape index (κ3) is 3.30. The number of Topliss-reactive ketones (excluding diaryl/α,β-unsaturated/α-hetero) is 1. The molecule has 4 nitrogen and oxygen atoms in total. The second-order valence-electron chi connectivity index (χ2n) is 5.15. The molecular formula is C14H18FNO3. The molecule has 5 heteroatoms. The van der Waals surface area contributed by atoms with Crippen molar-refractivity contribution in [1.82, 2.24) is 4.90 Å². The number of aliphatic hydroxyl groups excluding tert-OH is 1. The van der Waals surface area contributed by atoms with Gasteiger partial charge in [0.25, 0.3) is 0 Å². The van der Waals surface area contributed by atoms with Crippen LogP contribution in [0.3, 0.4) is 0 Å². The molecular weight excluding hydrogens is 249 g/mol. The molecule has 0 spiro atoms. The van der Waals surface area contributed by atoms with E-state index in [0.717, 1.165) is 12.1 Å². The summed E-state index contributed by atoms with van der Waals surface area (Å²) in [4.78, 5) is 14.0. The highest BCUT2D eigenvalue weighted by Gasteiger charge is 2.26. The zero-order valence-electron chi connectivity index (χ0n) is 10.8. The summed E-state index contributed by atoms with van der Waals surface area (Å²) in [5, 5.41) is 19.2. The Morgan fingerprint density at radius 2 is 2.26 bits per heavy atom. The predicted molar refractivity (Wildman–Crippen MR) is 68.6 cm³/mol. The molecule has 0 saturated carbocycles. The van der Waals surface area contributed by atoms with Crippen molar-refractivity contribution in [2.24, 2.45) is 5.92 Å². The molecule has 2 rings (SSSR count). The summed E-state index contributed by atoms with van der Waals surface area (Å²) < 4.78 is 13.1. The average Bonchev–Trinajstić information content (AvgIpc) is 2.36. The molecule has 1 heterocycles. The van der Waals surface area contributed by atoms with Gasteiger partial charge in [0.05, 0.1) is 18.2 Å². The lowest BCUT2D eigenvalue weighted by Crippen LogP contribution is -2.44. The Morgan fingerprint density at radius 3 is 2.95 bits per heavy atom. The number of aliphatic hydroxyl groups is 1. The van der Waals surface area contributed by atoms with Gasteiger partial charge >= 0.3 is 0 Å². The first-order chi connectivity index (χ1) is 8.97. The third-order valence-corrected chi connectivity index (χ3v) is 3.57. The lowest BCUT2D eigenvalue weighted by atomic mass is 9.96. The average molecular weight is 267 g/mol. The van der Waals surface area contributed by atoms with Crippen molar-refractivity contribution in [2.75, 3.05) is 19.6 Å². The molecule has 1 aromatic carbocycles. The number of piperidine rings is 1. The first kappa shape index (κ1) is 14.0. The van der Waals surface area contributed by atoms with Crippen LogP contribution < -0.4 is 0 Å². The molecule has 0 radical (unpaired) electrons. The van der Waals surface area contributed by atoms with E-state index >= 15 is 0 Å². The topological polar surface area (TPSA) is 60.8 Å². The molecule has 0 aliphatic carbocycles. The van der Waals surface area contributed by atoms with E-state index in [1.165, 1.54) is 6.07 Å². The standard InChI is InChI=1S/C14H18FNO3/c1-9-7-16(5-4-12(9)17)8-14(19)11-6-10(15)2-3-13(11)18/h2-3,6,9,12,17-18H,4-5,7-8H2,1H3. The largest absolute Gasteiger partial charge is 0.507 e. The predicted octanol–water partition coefficient (Wildman–Crippen LogP) is 1.42. The number of carbonyl (C=O) groups is 1. The van der Waals surface area contributed by atoms with Crippen molar-refractivity contribution >= 4 is 5.78 Å². The molecule has 0 aromatic heterocycles. The summed E-state index contributed by atoms with van der Waals surface area (Å²) >= 11 is 0. The molecule has 2 unspecified atom stereocenters. The first-order valence-electron chi connectivity index (χ1n) is 6.39. The highest BCUT2D eigenvalue weighted by Crippen LogP contribution is 2.21. The fraction of sp³-hybridized carbons (Fsp3) is 0.500. The van der Waals surface area contributed by atoms with E-state index in [9.17, 15) is 19.4 Å². The van der Waals surface area contributed by atoms with E-state index in [0.29, 0.717) is 19.5 Å². The van der Waals surface area contributed by atoms with Gasteiger partial charge in [-0.3, -0.25) is 9.69 Å². The number of ketones is 1. The second-order valence-corrected chi connectivity index (χ2v) is 5.15. The quantitative estimate of drug-likeness (QED) is 0.813. The first-order valence-corrected chi connectivity index (χ1v) is 6.39. The number of likely N-dealkylation sites (tertiary alicyclic amines) is 1. The Kier molecular flexibility index (Phi) is 4.17. The number of carbonyl (C=O) groups excluding carboxylic acids is 1. The minimum atomic E-state index is -0.538. The molecule has 104 valence electrons. The fourth-order valence-electron chi connectivity index (χ4n) is 2.38. The van der Waals surface area contributed by atoms with Crippen LogP contribution in [-0.4, -0.2) is 46.6 Å². The van der Waals surface area contributed by atoms with Gasteiger partial charge in [0.15, 0.2) is 5.78 Å². The minimum absolute atomic E-state index is 0.0128. The van der Waals surface area contributed by atoms with Crippen LogP contribution in [0.2, 0.25) is 0 Å². The van der Waals surface area contributed by atoms with Crippen LogP contribution in [0.5, 0.6) is 5.75 Å². The van der Waals surface area contributed by atoms with Gasteiger partial charge in [-0.2, -0.15) is 0 Å². The lowest BCUT2D eigenvalue weighted by Gasteiger charge is -2.33. The second kappa shape index (κ2) is 5.67. The number of hydrogen-bond acceptors (Lipinski definition) is 4. The normalized spacial score (nSPS) is 24.4. The SMILES string of the molecule is CC1CN(CC(=O)c2cc(F)ccc2O)CCC1O. The molecule has 0 bridgehead atoms. The van der Waals surface area contributed by atoms with E-state index in [1.54, 1.807) is 0 Å². The molecule has 19 heavy (non-hydrogen) atoms. The smallest absolute Gasteiger partial charge is 0.180 e. The van der Waals surface area contributed by atoms with Crippen LogP contribution in [0.25, 0.3) is 0 Å². The van der Waals surface area contributed by atoms with Crippen molar-refractivity contribution in [2.45, 2.75) is 19.4 Å². The molecule has 2 atom stereocenters. The summed E-state index contributed by atoms with van der Waals surface area (Å²) in [5.74, 6) is -0.927. The molecule has 0 amide bonds. The number of rotatable bonds is 3. The van der Waals surface area contributed by atoms with Crippen molar-refractivity contribution in [3.8, 4) is 5.75 Å². The van der Waals surface area contributed by atoms with E-state index in [4.69, 9.17) is 0 Å². The number of nitrogens with zero attached hydrogens (tertiary/aromatic N) is 1. The maximum Gasteiger partial charge on any atom is 0.180 e. The van der Waals surface area contributed by atoms with Gasteiger partial charge in [-0.05, 0) is 30.5 Å². The van der Waals surface area contributed by atoms with Gasteiger partial charge in [-0.15, -0.1) is 0 Å². The van der Waals surface area contributed by atoms with Crippen LogP contribution in [0.4, 0.5) is 4.39 Å². The van der Waals surface area contributed by atoms with Gasteiger partial charge in [0.1, 0.15) is 11.6 Å². The minimum Gasteiger partial charge on any atom is -0.507 e. The zero-order valence-corrected chi connectivity index (χ0v) is 10.8. The van der Waals surface area contributed by atoms with Gasteiger partial charge < -0.3 is 10.2 Å². The van der Waals surface area contributed by atoms with Gasteiger partial charge in [0, 0.05) is 13.1 Å². The maximum absolute atomic E-state index is 13.1. The molecule has 1 fully saturated rings. The van der Waals surface area contributed by atoms with Gasteiger partial charge in [-0.25, -0.2) is 4.39 Å². The van der Waals surface area contributed by atoms with E-state index in [1.807, 2.05) is 11.8 Å². The molecule has 1 aliphatic rings. The van der Waals surface area contributed by atoms with Crippen LogP contribution in [0, 0.1) is 11.7 Å². The van der Waals surface area contributed by atoms with Crippen LogP contribution >= 0.6 is 0 Å². The number of aromatic hydroxyl groups is 1. The van der Waals surface area contributed by atoms with E-state index in [2.05, 4.69) is 0 Å². The molecule has 1 aliphatic heterocycles.